The van der Waals surface area contributed by atoms with Crippen molar-refractivity contribution in [2.24, 2.45) is 0 Å². The molecule has 2 aromatic carbocycles. The summed E-state index contributed by atoms with van der Waals surface area (Å²) in [6.45, 7) is 2.00. The number of anilines is 2. The first-order valence-electron chi connectivity index (χ1n) is 9.77. The molecule has 0 radical (unpaired) electrons. The second kappa shape index (κ2) is 9.20. The number of hydrogen-bond donors (Lipinski definition) is 1. The molecule has 32 heavy (non-hydrogen) atoms. The highest BCUT2D eigenvalue weighted by Crippen LogP contribution is 2.37. The molecule has 2 heterocycles. The predicted octanol–water partition coefficient (Wildman–Crippen LogP) is 3.26. The lowest BCUT2D eigenvalue weighted by atomic mass is 10.1. The van der Waals surface area contributed by atoms with Crippen LogP contribution < -0.4 is 15.0 Å². The van der Waals surface area contributed by atoms with E-state index in [1.807, 2.05) is 0 Å². The van der Waals surface area contributed by atoms with Crippen LogP contribution in [-0.4, -0.2) is 56.0 Å². The van der Waals surface area contributed by atoms with E-state index in [4.69, 9.17) is 32.7 Å². The Bertz CT molecular complexity index is 1130. The summed E-state index contributed by atoms with van der Waals surface area (Å²) in [7, 11) is 1.42. The van der Waals surface area contributed by atoms with Gasteiger partial charge in [-0.2, -0.15) is 0 Å². The van der Waals surface area contributed by atoms with Crippen LogP contribution in [0.4, 0.5) is 11.4 Å². The molecule has 0 aromatic heterocycles. The van der Waals surface area contributed by atoms with Gasteiger partial charge in [-0.05, 0) is 36.4 Å². The van der Waals surface area contributed by atoms with Crippen LogP contribution in [0.1, 0.15) is 10.4 Å². The fourth-order valence-corrected chi connectivity index (χ4v) is 3.87. The zero-order chi connectivity index (χ0) is 22.8. The second-order valence-electron chi connectivity index (χ2n) is 7.06. The second-order valence-corrected chi connectivity index (χ2v) is 7.88. The highest BCUT2D eigenvalue weighted by molar-refractivity contribution is 6.53. The fraction of sp³-hybridized carbons (Fsp3) is 0.227. The molecule has 0 aliphatic carbocycles. The molecular weight excluding hydrogens is 457 g/mol. The molecule has 0 unspecified atom stereocenters. The average molecular weight is 476 g/mol. The number of ether oxygens (including phenoxy) is 2. The first-order valence-corrected chi connectivity index (χ1v) is 10.5. The van der Waals surface area contributed by atoms with Gasteiger partial charge < -0.3 is 19.7 Å². The molecule has 2 aromatic rings. The van der Waals surface area contributed by atoms with Crippen LogP contribution in [0.15, 0.2) is 53.2 Å². The minimum absolute atomic E-state index is 0.102. The van der Waals surface area contributed by atoms with Crippen LogP contribution in [0.3, 0.4) is 0 Å². The first-order chi connectivity index (χ1) is 15.4. The predicted molar refractivity (Wildman–Crippen MR) is 120 cm³/mol. The minimum atomic E-state index is -0.708. The van der Waals surface area contributed by atoms with Crippen molar-refractivity contribution < 1.29 is 23.9 Å². The molecule has 1 saturated heterocycles. The quantitative estimate of drug-likeness (QED) is 0.667. The SMILES string of the molecule is COc1ccc(Cl)cc1N1C(=O)C(Cl)=C(Nc2cccc(C(=O)N3CCOCC3)c2)C1=O. The number of rotatable bonds is 5. The van der Waals surface area contributed by atoms with Crippen molar-refractivity contribution in [3.63, 3.8) is 0 Å². The van der Waals surface area contributed by atoms with Crippen molar-refractivity contribution in [2.45, 2.75) is 0 Å². The third-order valence-corrected chi connectivity index (χ3v) is 5.67. The third-order valence-electron chi connectivity index (χ3n) is 5.09. The fourth-order valence-electron chi connectivity index (χ4n) is 3.49. The van der Waals surface area contributed by atoms with Gasteiger partial charge in [-0.25, -0.2) is 4.90 Å². The summed E-state index contributed by atoms with van der Waals surface area (Å²) in [5.74, 6) is -1.22. The maximum absolute atomic E-state index is 13.1. The van der Waals surface area contributed by atoms with Gasteiger partial charge >= 0.3 is 0 Å². The van der Waals surface area contributed by atoms with E-state index in [9.17, 15) is 14.4 Å². The molecule has 0 bridgehead atoms. The minimum Gasteiger partial charge on any atom is -0.495 e. The van der Waals surface area contributed by atoms with Crippen LogP contribution in [0, 0.1) is 0 Å². The normalized spacial score (nSPS) is 16.6. The van der Waals surface area contributed by atoms with Crippen molar-refractivity contribution >= 4 is 52.3 Å². The van der Waals surface area contributed by atoms with E-state index in [1.54, 1.807) is 41.3 Å². The maximum Gasteiger partial charge on any atom is 0.283 e. The molecule has 2 aliphatic heterocycles. The lowest BCUT2D eigenvalue weighted by Crippen LogP contribution is -2.40. The number of imide groups is 1. The van der Waals surface area contributed by atoms with Gasteiger partial charge in [-0.15, -0.1) is 0 Å². The van der Waals surface area contributed by atoms with Gasteiger partial charge in [-0.1, -0.05) is 29.3 Å². The van der Waals surface area contributed by atoms with Gasteiger partial charge in [-0.3, -0.25) is 14.4 Å². The van der Waals surface area contributed by atoms with Crippen LogP contribution in [0.2, 0.25) is 5.02 Å². The molecule has 3 amide bonds. The van der Waals surface area contributed by atoms with Gasteiger partial charge in [0.1, 0.15) is 16.5 Å². The molecule has 0 atom stereocenters. The van der Waals surface area contributed by atoms with E-state index < -0.39 is 11.8 Å². The molecule has 1 fully saturated rings. The van der Waals surface area contributed by atoms with Crippen molar-refractivity contribution in [2.75, 3.05) is 43.6 Å². The smallest absolute Gasteiger partial charge is 0.283 e. The topological polar surface area (TPSA) is 88.2 Å². The molecule has 1 N–H and O–H groups in total. The lowest BCUT2D eigenvalue weighted by molar-refractivity contribution is -0.120. The first kappa shape index (κ1) is 22.1. The van der Waals surface area contributed by atoms with Gasteiger partial charge in [0.05, 0.1) is 26.0 Å². The standard InChI is InChI=1S/C22H19Cl2N3O5/c1-31-17-6-5-14(23)12-16(17)27-21(29)18(24)19(22(27)30)25-15-4-2-3-13(11-15)20(28)26-7-9-32-10-8-26/h2-6,11-12,25H,7-10H2,1H3. The highest BCUT2D eigenvalue weighted by atomic mass is 35.5. The van der Waals surface area contributed by atoms with Crippen molar-refractivity contribution in [1.82, 2.24) is 4.90 Å². The number of hydrogen-bond acceptors (Lipinski definition) is 6. The molecular formula is C22H19Cl2N3O5. The average Bonchev–Trinajstić information content (AvgIpc) is 3.02. The van der Waals surface area contributed by atoms with E-state index in [0.29, 0.717) is 48.3 Å². The van der Waals surface area contributed by atoms with E-state index in [2.05, 4.69) is 5.32 Å². The number of nitrogens with zero attached hydrogens (tertiary/aromatic N) is 2. The summed E-state index contributed by atoms with van der Waals surface area (Å²) in [5.41, 5.74) is 0.966. The van der Waals surface area contributed by atoms with Crippen LogP contribution in [0.25, 0.3) is 0 Å². The van der Waals surface area contributed by atoms with Crippen molar-refractivity contribution in [3.8, 4) is 5.75 Å². The van der Waals surface area contributed by atoms with Crippen LogP contribution >= 0.6 is 23.2 Å². The number of nitrogens with one attached hydrogen (secondary N) is 1. The zero-order valence-electron chi connectivity index (χ0n) is 17.1. The number of morpholine rings is 1. The maximum atomic E-state index is 13.1. The molecule has 166 valence electrons. The van der Waals surface area contributed by atoms with Crippen molar-refractivity contribution in [3.05, 3.63) is 63.8 Å². The number of carbonyl (C=O) groups excluding carboxylic acids is 3. The van der Waals surface area contributed by atoms with E-state index in [0.717, 1.165) is 4.90 Å². The van der Waals surface area contributed by atoms with Gasteiger partial charge in [0.15, 0.2) is 0 Å². The highest BCUT2D eigenvalue weighted by Gasteiger charge is 2.40. The number of methoxy groups -OCH3 is 1. The molecule has 4 rings (SSSR count). The Morgan fingerprint density at radius 3 is 2.53 bits per heavy atom. The Hall–Kier alpha value is -3.07. The Balaban J connectivity index is 1.59. The summed E-state index contributed by atoms with van der Waals surface area (Å²) in [5, 5.41) is 2.94. The van der Waals surface area contributed by atoms with Crippen molar-refractivity contribution in [1.29, 1.82) is 0 Å². The van der Waals surface area contributed by atoms with E-state index in [1.165, 1.54) is 13.2 Å². The van der Waals surface area contributed by atoms with Crippen LogP contribution in [-0.2, 0) is 14.3 Å². The molecule has 10 heteroatoms. The molecule has 8 nitrogen and oxygen atoms in total. The summed E-state index contributed by atoms with van der Waals surface area (Å²) in [6, 6.07) is 11.2. The van der Waals surface area contributed by atoms with E-state index >= 15 is 0 Å². The Labute approximate surface area is 194 Å². The van der Waals surface area contributed by atoms with Gasteiger partial charge in [0, 0.05) is 29.4 Å². The Morgan fingerprint density at radius 1 is 1.06 bits per heavy atom. The monoisotopic (exact) mass is 475 g/mol. The Kier molecular flexibility index (Phi) is 6.36. The number of carbonyl (C=O) groups is 3. The molecule has 0 spiro atoms. The number of benzene rings is 2. The van der Waals surface area contributed by atoms with Gasteiger partial charge in [0.25, 0.3) is 17.7 Å². The molecule has 0 saturated carbocycles. The summed E-state index contributed by atoms with van der Waals surface area (Å²) in [6.07, 6.45) is 0. The largest absolute Gasteiger partial charge is 0.495 e. The van der Waals surface area contributed by atoms with Gasteiger partial charge in [0.2, 0.25) is 0 Å². The number of halogens is 2. The third kappa shape index (κ3) is 4.17. The molecule has 2 aliphatic rings. The number of amides is 3. The summed E-state index contributed by atoms with van der Waals surface area (Å²) in [4.78, 5) is 41.2. The summed E-state index contributed by atoms with van der Waals surface area (Å²) < 4.78 is 10.5. The zero-order valence-corrected chi connectivity index (χ0v) is 18.6. The van der Waals surface area contributed by atoms with Crippen LogP contribution in [0.5, 0.6) is 5.75 Å². The van der Waals surface area contributed by atoms with E-state index in [-0.39, 0.29) is 22.3 Å². The summed E-state index contributed by atoms with van der Waals surface area (Å²) >= 11 is 12.3. The lowest BCUT2D eigenvalue weighted by Gasteiger charge is -2.27. The Morgan fingerprint density at radius 2 is 1.81 bits per heavy atom.